The zero-order valence-electron chi connectivity index (χ0n) is 17.4. The van der Waals surface area contributed by atoms with E-state index in [1.807, 2.05) is 47.4 Å². The van der Waals surface area contributed by atoms with Gasteiger partial charge in [-0.25, -0.2) is 0 Å². The number of pyridine rings is 1. The Labute approximate surface area is 191 Å². The second-order valence-electron chi connectivity index (χ2n) is 7.49. The van der Waals surface area contributed by atoms with Crippen molar-refractivity contribution in [3.05, 3.63) is 89.7 Å². The number of hydrogen-bond donors (Lipinski definition) is 1. The molecule has 2 heterocycles. The third-order valence-corrected chi connectivity index (χ3v) is 6.54. The van der Waals surface area contributed by atoms with Crippen LogP contribution in [0.2, 0.25) is 0 Å². The van der Waals surface area contributed by atoms with E-state index in [0.29, 0.717) is 42.6 Å². The van der Waals surface area contributed by atoms with E-state index in [-0.39, 0.29) is 17.9 Å². The minimum absolute atomic E-state index is 0.0267. The maximum atomic E-state index is 13.3. The van der Waals surface area contributed by atoms with E-state index in [4.69, 9.17) is 0 Å². The van der Waals surface area contributed by atoms with Crippen molar-refractivity contribution in [1.29, 1.82) is 5.26 Å². The fourth-order valence-electron chi connectivity index (χ4n) is 3.66. The summed E-state index contributed by atoms with van der Waals surface area (Å²) in [5.74, 6) is -0.166. The van der Waals surface area contributed by atoms with Crippen molar-refractivity contribution in [2.24, 2.45) is 0 Å². The molecule has 1 fully saturated rings. The molecule has 1 aromatic heterocycles. The Bertz CT molecular complexity index is 1150. The summed E-state index contributed by atoms with van der Waals surface area (Å²) < 4.78 is 0. The Kier molecular flexibility index (Phi) is 6.83. The van der Waals surface area contributed by atoms with Crippen LogP contribution in [0.4, 0.5) is 0 Å². The predicted octanol–water partition coefficient (Wildman–Crippen LogP) is 4.14. The van der Waals surface area contributed by atoms with E-state index < -0.39 is 0 Å². The monoisotopic (exact) mass is 442 g/mol. The lowest BCUT2D eigenvalue weighted by Crippen LogP contribution is -2.46. The number of piperidine rings is 1. The molecule has 7 heteroatoms. The first-order chi connectivity index (χ1) is 15.7. The average Bonchev–Trinajstić information content (AvgIpc) is 2.85. The third-order valence-electron chi connectivity index (χ3n) is 5.39. The number of nitrogens with zero attached hydrogens (tertiary/aromatic N) is 3. The average molecular weight is 443 g/mol. The van der Waals surface area contributed by atoms with Crippen molar-refractivity contribution in [2.45, 2.75) is 28.7 Å². The molecule has 0 spiro atoms. The molecule has 0 radical (unpaired) electrons. The summed E-state index contributed by atoms with van der Waals surface area (Å²) in [7, 11) is 0. The van der Waals surface area contributed by atoms with Crippen molar-refractivity contribution in [2.75, 3.05) is 13.1 Å². The largest absolute Gasteiger partial charge is 0.349 e. The molecular formula is C25H22N4O2S. The molecule has 0 bridgehead atoms. The van der Waals surface area contributed by atoms with Gasteiger partial charge in [0.15, 0.2) is 0 Å². The highest BCUT2D eigenvalue weighted by Crippen LogP contribution is 2.33. The first-order valence-corrected chi connectivity index (χ1v) is 11.2. The molecule has 1 aliphatic rings. The Morgan fingerprint density at radius 1 is 1.00 bits per heavy atom. The zero-order chi connectivity index (χ0) is 22.3. The molecule has 32 heavy (non-hydrogen) atoms. The van der Waals surface area contributed by atoms with Crippen LogP contribution in [0, 0.1) is 11.3 Å². The lowest BCUT2D eigenvalue weighted by molar-refractivity contribution is 0.0694. The smallest absolute Gasteiger partial charge is 0.255 e. The number of nitriles is 1. The first kappa shape index (κ1) is 21.6. The van der Waals surface area contributed by atoms with Gasteiger partial charge in [0.25, 0.3) is 11.8 Å². The number of carbonyl (C=O) groups excluding carboxylic acids is 2. The molecular weight excluding hydrogens is 420 g/mol. The van der Waals surface area contributed by atoms with Crippen LogP contribution in [0.5, 0.6) is 0 Å². The van der Waals surface area contributed by atoms with Crippen LogP contribution in [0.25, 0.3) is 0 Å². The van der Waals surface area contributed by atoms with Gasteiger partial charge in [0.2, 0.25) is 0 Å². The van der Waals surface area contributed by atoms with Crippen molar-refractivity contribution in [3.8, 4) is 6.07 Å². The lowest BCUT2D eigenvalue weighted by Gasteiger charge is -2.32. The van der Waals surface area contributed by atoms with E-state index in [1.165, 1.54) is 11.8 Å². The molecule has 160 valence electrons. The number of amides is 2. The highest BCUT2D eigenvalue weighted by molar-refractivity contribution is 7.99. The molecule has 0 atom stereocenters. The van der Waals surface area contributed by atoms with Crippen molar-refractivity contribution >= 4 is 23.6 Å². The van der Waals surface area contributed by atoms with Gasteiger partial charge in [0, 0.05) is 41.3 Å². The molecule has 0 unspecified atom stereocenters. The number of likely N-dealkylation sites (tertiary alicyclic amines) is 1. The van der Waals surface area contributed by atoms with Crippen LogP contribution in [-0.2, 0) is 0 Å². The number of nitrogens with one attached hydrogen (secondary N) is 1. The van der Waals surface area contributed by atoms with Crippen LogP contribution in [-0.4, -0.2) is 40.8 Å². The Morgan fingerprint density at radius 2 is 1.72 bits per heavy atom. The van der Waals surface area contributed by atoms with Gasteiger partial charge < -0.3 is 10.2 Å². The summed E-state index contributed by atoms with van der Waals surface area (Å²) in [5.41, 5.74) is 1.75. The van der Waals surface area contributed by atoms with Gasteiger partial charge in [-0.05, 0) is 49.2 Å². The fraction of sp³-hybridized carbons (Fsp3) is 0.200. The molecule has 6 nitrogen and oxygen atoms in total. The van der Waals surface area contributed by atoms with Crippen molar-refractivity contribution < 1.29 is 9.59 Å². The number of hydrogen-bond acceptors (Lipinski definition) is 5. The quantitative estimate of drug-likeness (QED) is 0.642. The molecule has 1 aliphatic heterocycles. The van der Waals surface area contributed by atoms with Gasteiger partial charge in [0.1, 0.15) is 6.07 Å². The maximum Gasteiger partial charge on any atom is 0.255 e. The van der Waals surface area contributed by atoms with Gasteiger partial charge in [-0.3, -0.25) is 14.6 Å². The van der Waals surface area contributed by atoms with Gasteiger partial charge >= 0.3 is 0 Å². The molecule has 0 saturated carbocycles. The van der Waals surface area contributed by atoms with E-state index >= 15 is 0 Å². The van der Waals surface area contributed by atoms with E-state index in [0.717, 1.165) is 9.79 Å². The normalized spacial score (nSPS) is 13.9. The third kappa shape index (κ3) is 4.98. The molecule has 1 N–H and O–H groups in total. The highest BCUT2D eigenvalue weighted by atomic mass is 32.2. The minimum Gasteiger partial charge on any atom is -0.349 e. The summed E-state index contributed by atoms with van der Waals surface area (Å²) in [5, 5.41) is 12.4. The SMILES string of the molecule is N#Cc1ccccc1Sc1ccccc1C(=O)N1CCC(NC(=O)c2cccnc2)CC1. The van der Waals surface area contributed by atoms with Crippen molar-refractivity contribution in [1.82, 2.24) is 15.2 Å². The van der Waals surface area contributed by atoms with Gasteiger partial charge in [-0.1, -0.05) is 36.0 Å². The van der Waals surface area contributed by atoms with E-state index in [9.17, 15) is 14.9 Å². The van der Waals surface area contributed by atoms with Crippen LogP contribution < -0.4 is 5.32 Å². The Hall–Kier alpha value is -3.63. The standard InChI is InChI=1S/C25H22N4O2S/c26-16-18-6-1-3-9-22(18)32-23-10-4-2-8-21(23)25(31)29-14-11-20(12-15-29)28-24(30)19-7-5-13-27-17-19/h1-10,13,17,20H,11-12,14-15H2,(H,28,30). The van der Waals surface area contributed by atoms with Crippen molar-refractivity contribution in [3.63, 3.8) is 0 Å². The van der Waals surface area contributed by atoms with Crippen LogP contribution in [0.1, 0.15) is 39.1 Å². The van der Waals surface area contributed by atoms with Gasteiger partial charge in [0.05, 0.1) is 16.7 Å². The summed E-state index contributed by atoms with van der Waals surface area (Å²) in [6.07, 6.45) is 4.58. The summed E-state index contributed by atoms with van der Waals surface area (Å²) >= 11 is 1.43. The summed E-state index contributed by atoms with van der Waals surface area (Å²) in [6, 6.07) is 20.6. The van der Waals surface area contributed by atoms with Crippen LogP contribution in [0.15, 0.2) is 82.8 Å². The fourth-order valence-corrected chi connectivity index (χ4v) is 4.68. The molecule has 3 aromatic rings. The number of aromatic nitrogens is 1. The van der Waals surface area contributed by atoms with E-state index in [2.05, 4.69) is 16.4 Å². The molecule has 1 saturated heterocycles. The molecule has 2 aromatic carbocycles. The molecule has 4 rings (SSSR count). The molecule has 2 amide bonds. The highest BCUT2D eigenvalue weighted by Gasteiger charge is 2.26. The topological polar surface area (TPSA) is 86.1 Å². The summed E-state index contributed by atoms with van der Waals surface area (Å²) in [4.78, 5) is 33.1. The van der Waals surface area contributed by atoms with E-state index in [1.54, 1.807) is 30.6 Å². The lowest BCUT2D eigenvalue weighted by atomic mass is 10.0. The van der Waals surface area contributed by atoms with Gasteiger partial charge in [-0.2, -0.15) is 5.26 Å². The molecule has 0 aliphatic carbocycles. The number of benzene rings is 2. The van der Waals surface area contributed by atoms with Gasteiger partial charge in [-0.15, -0.1) is 0 Å². The van der Waals surface area contributed by atoms with Crippen LogP contribution >= 0.6 is 11.8 Å². The minimum atomic E-state index is -0.138. The maximum absolute atomic E-state index is 13.3. The first-order valence-electron chi connectivity index (χ1n) is 10.4. The Morgan fingerprint density at radius 3 is 2.44 bits per heavy atom. The predicted molar refractivity (Wildman–Crippen MR) is 122 cm³/mol. The number of carbonyl (C=O) groups is 2. The number of rotatable bonds is 5. The Balaban J connectivity index is 1.41. The summed E-state index contributed by atoms with van der Waals surface area (Å²) in [6.45, 7) is 1.15. The van der Waals surface area contributed by atoms with Crippen LogP contribution in [0.3, 0.4) is 0 Å². The second-order valence-corrected chi connectivity index (χ2v) is 8.57. The second kappa shape index (κ2) is 10.1. The zero-order valence-corrected chi connectivity index (χ0v) is 18.2.